The third-order valence-electron chi connectivity index (χ3n) is 8.55. The molecule has 3 fully saturated rings. The number of hydrogen-bond acceptors (Lipinski definition) is 6. The standard InChI is InChI=1S/C33H38N6O4/c1-35-23-31(41)38-29(19-24-12-14-28(40)15-13-24)32(42)37(21-26-10-7-11-27(18-26)36-16-5-6-17-36)22-30(38)39(35)33(43)34-20-25-8-3-2-4-9-25/h2-4,7-15,18,29-30,40H,5-6,16-17,19-23H2,1H3,(H,34,43)/t29-,30-/m0/s1. The zero-order valence-corrected chi connectivity index (χ0v) is 24.4. The molecule has 2 atom stereocenters. The first-order valence-corrected chi connectivity index (χ1v) is 14.9. The van der Waals surface area contributed by atoms with Crippen molar-refractivity contribution in [3.8, 4) is 5.75 Å². The van der Waals surface area contributed by atoms with Crippen LogP contribution in [0, 0.1) is 0 Å². The topological polar surface area (TPSA) is 99.7 Å². The van der Waals surface area contributed by atoms with Gasteiger partial charge in [0.2, 0.25) is 11.8 Å². The van der Waals surface area contributed by atoms with E-state index in [0.717, 1.165) is 35.5 Å². The van der Waals surface area contributed by atoms with Crippen molar-refractivity contribution in [3.05, 3.63) is 95.6 Å². The zero-order valence-electron chi connectivity index (χ0n) is 24.4. The molecule has 3 aliphatic rings. The van der Waals surface area contributed by atoms with E-state index in [0.29, 0.717) is 13.1 Å². The molecule has 3 aromatic carbocycles. The quantitative estimate of drug-likeness (QED) is 0.444. The normalized spacial score (nSPS) is 20.9. The third-order valence-corrected chi connectivity index (χ3v) is 8.55. The molecule has 0 aliphatic carbocycles. The van der Waals surface area contributed by atoms with E-state index in [-0.39, 0.29) is 43.1 Å². The van der Waals surface area contributed by atoms with Gasteiger partial charge in [0.25, 0.3) is 0 Å². The van der Waals surface area contributed by atoms with Gasteiger partial charge in [-0.05, 0) is 53.8 Å². The summed E-state index contributed by atoms with van der Waals surface area (Å²) >= 11 is 0. The molecule has 3 aromatic rings. The van der Waals surface area contributed by atoms with Gasteiger partial charge in [0.05, 0.1) is 13.1 Å². The number of urea groups is 1. The number of likely N-dealkylation sites (N-methyl/N-ethyl adjacent to an activating group) is 1. The van der Waals surface area contributed by atoms with E-state index < -0.39 is 12.2 Å². The van der Waals surface area contributed by atoms with E-state index in [4.69, 9.17) is 0 Å². The fraction of sp³-hybridized carbons (Fsp3) is 0.364. The molecule has 0 saturated carbocycles. The zero-order chi connectivity index (χ0) is 29.9. The van der Waals surface area contributed by atoms with Gasteiger partial charge in [0.15, 0.2) is 0 Å². The number of amides is 4. The van der Waals surface area contributed by atoms with Crippen molar-refractivity contribution in [1.82, 2.24) is 25.1 Å². The molecule has 10 heteroatoms. The molecule has 0 bridgehead atoms. The Bertz CT molecular complexity index is 1460. The van der Waals surface area contributed by atoms with E-state index in [2.05, 4.69) is 22.3 Å². The Morgan fingerprint density at radius 1 is 0.907 bits per heavy atom. The number of fused-ring (bicyclic) bond motifs is 1. The van der Waals surface area contributed by atoms with Gasteiger partial charge in [-0.2, -0.15) is 0 Å². The summed E-state index contributed by atoms with van der Waals surface area (Å²) < 4.78 is 0. The maximum absolute atomic E-state index is 14.2. The molecule has 3 saturated heterocycles. The van der Waals surface area contributed by atoms with Crippen molar-refractivity contribution >= 4 is 23.5 Å². The molecule has 0 spiro atoms. The Morgan fingerprint density at radius 3 is 2.37 bits per heavy atom. The molecular formula is C33H38N6O4. The molecular weight excluding hydrogens is 544 g/mol. The minimum Gasteiger partial charge on any atom is -0.508 e. The van der Waals surface area contributed by atoms with Crippen molar-refractivity contribution < 1.29 is 19.5 Å². The van der Waals surface area contributed by atoms with Crippen LogP contribution in [0.2, 0.25) is 0 Å². The predicted octanol–water partition coefficient (Wildman–Crippen LogP) is 3.17. The van der Waals surface area contributed by atoms with Gasteiger partial charge in [-0.3, -0.25) is 9.59 Å². The average Bonchev–Trinajstić information content (AvgIpc) is 3.55. The number of hydrazine groups is 1. The highest BCUT2D eigenvalue weighted by atomic mass is 16.3. The maximum Gasteiger partial charge on any atom is 0.334 e. The van der Waals surface area contributed by atoms with Crippen LogP contribution in [0.4, 0.5) is 10.5 Å². The van der Waals surface area contributed by atoms with Gasteiger partial charge in [0, 0.05) is 45.3 Å². The van der Waals surface area contributed by atoms with Gasteiger partial charge in [-0.15, -0.1) is 0 Å². The number of nitrogens with zero attached hydrogens (tertiary/aromatic N) is 5. The minimum absolute atomic E-state index is 0.0213. The van der Waals surface area contributed by atoms with Crippen LogP contribution in [0.3, 0.4) is 0 Å². The Hall–Kier alpha value is -4.57. The maximum atomic E-state index is 14.2. The van der Waals surface area contributed by atoms with Gasteiger partial charge in [-0.1, -0.05) is 54.6 Å². The van der Waals surface area contributed by atoms with E-state index in [1.165, 1.54) is 12.8 Å². The number of rotatable bonds is 7. The average molecular weight is 583 g/mol. The largest absolute Gasteiger partial charge is 0.508 e. The number of benzene rings is 3. The minimum atomic E-state index is -0.796. The number of nitrogens with one attached hydrogen (secondary N) is 1. The van der Waals surface area contributed by atoms with Crippen LogP contribution < -0.4 is 10.2 Å². The molecule has 0 radical (unpaired) electrons. The fourth-order valence-corrected chi connectivity index (χ4v) is 6.40. The van der Waals surface area contributed by atoms with Gasteiger partial charge < -0.3 is 25.1 Å². The van der Waals surface area contributed by atoms with Gasteiger partial charge in [-0.25, -0.2) is 14.8 Å². The number of hydrogen-bond donors (Lipinski definition) is 2. The second-order valence-electron chi connectivity index (χ2n) is 11.6. The second-order valence-corrected chi connectivity index (χ2v) is 11.6. The molecule has 2 N–H and O–H groups in total. The summed E-state index contributed by atoms with van der Waals surface area (Å²) in [7, 11) is 1.73. The van der Waals surface area contributed by atoms with Crippen LogP contribution >= 0.6 is 0 Å². The summed E-state index contributed by atoms with van der Waals surface area (Å²) in [6.45, 7) is 2.93. The third kappa shape index (κ3) is 6.15. The van der Waals surface area contributed by atoms with Gasteiger partial charge in [0.1, 0.15) is 18.0 Å². The van der Waals surface area contributed by atoms with Crippen LogP contribution in [0.5, 0.6) is 5.75 Å². The van der Waals surface area contributed by atoms with E-state index in [9.17, 15) is 19.5 Å². The molecule has 224 valence electrons. The molecule has 3 heterocycles. The van der Waals surface area contributed by atoms with Crippen molar-refractivity contribution in [2.45, 2.75) is 44.6 Å². The Balaban J connectivity index is 1.30. The van der Waals surface area contributed by atoms with Crippen LogP contribution in [0.25, 0.3) is 0 Å². The molecule has 6 rings (SSSR count). The lowest BCUT2D eigenvalue weighted by atomic mass is 9.98. The van der Waals surface area contributed by atoms with Crippen molar-refractivity contribution in [2.75, 3.05) is 38.1 Å². The summed E-state index contributed by atoms with van der Waals surface area (Å²) in [4.78, 5) is 47.1. The van der Waals surface area contributed by atoms with E-state index in [1.807, 2.05) is 42.5 Å². The first-order chi connectivity index (χ1) is 20.9. The number of aromatic hydroxyl groups is 1. The molecule has 3 aliphatic heterocycles. The Morgan fingerprint density at radius 2 is 1.63 bits per heavy atom. The summed E-state index contributed by atoms with van der Waals surface area (Å²) in [5, 5.41) is 16.0. The number of carbonyl (C=O) groups excluding carboxylic acids is 3. The highest BCUT2D eigenvalue weighted by Crippen LogP contribution is 2.30. The molecule has 43 heavy (non-hydrogen) atoms. The summed E-state index contributed by atoms with van der Waals surface area (Å²) in [6, 6.07) is 23.5. The number of phenolic OH excluding ortho intramolecular Hbond substituents is 1. The monoisotopic (exact) mass is 582 g/mol. The number of carbonyl (C=O) groups is 3. The molecule has 0 aromatic heterocycles. The summed E-state index contributed by atoms with van der Waals surface area (Å²) in [5.41, 5.74) is 3.94. The summed E-state index contributed by atoms with van der Waals surface area (Å²) in [5.74, 6) is -0.223. The number of piperazine rings is 1. The molecule has 0 unspecified atom stereocenters. The smallest absolute Gasteiger partial charge is 0.334 e. The number of phenols is 1. The highest BCUT2D eigenvalue weighted by molar-refractivity contribution is 5.91. The Labute approximate surface area is 252 Å². The first-order valence-electron chi connectivity index (χ1n) is 14.9. The molecule has 10 nitrogen and oxygen atoms in total. The first kappa shape index (κ1) is 28.5. The lowest BCUT2D eigenvalue weighted by Crippen LogP contribution is -2.76. The van der Waals surface area contributed by atoms with E-state index in [1.54, 1.807) is 51.1 Å². The van der Waals surface area contributed by atoms with Crippen LogP contribution in [0.1, 0.15) is 29.5 Å². The van der Waals surface area contributed by atoms with Gasteiger partial charge >= 0.3 is 6.03 Å². The SMILES string of the molecule is CN1CC(=O)N2[C@@H](Cc3ccc(O)cc3)C(=O)N(Cc3cccc(N4CCCC4)c3)C[C@@H]2N1C(=O)NCc1ccccc1. The van der Waals surface area contributed by atoms with Crippen molar-refractivity contribution in [1.29, 1.82) is 0 Å². The van der Waals surface area contributed by atoms with Crippen LogP contribution in [-0.2, 0) is 29.1 Å². The van der Waals surface area contributed by atoms with Crippen molar-refractivity contribution in [2.24, 2.45) is 0 Å². The lowest BCUT2D eigenvalue weighted by molar-refractivity contribution is -0.187. The van der Waals surface area contributed by atoms with Crippen LogP contribution in [-0.4, -0.2) is 88.2 Å². The van der Waals surface area contributed by atoms with Crippen LogP contribution in [0.15, 0.2) is 78.9 Å². The predicted molar refractivity (Wildman–Crippen MR) is 163 cm³/mol. The molecule has 4 amide bonds. The second kappa shape index (κ2) is 12.3. The number of anilines is 1. The van der Waals surface area contributed by atoms with E-state index >= 15 is 0 Å². The van der Waals surface area contributed by atoms with Crippen molar-refractivity contribution in [3.63, 3.8) is 0 Å². The highest BCUT2D eigenvalue weighted by Gasteiger charge is 2.50. The Kier molecular flexibility index (Phi) is 8.20. The lowest BCUT2D eigenvalue weighted by Gasteiger charge is -2.54. The fourth-order valence-electron chi connectivity index (χ4n) is 6.40. The summed E-state index contributed by atoms with van der Waals surface area (Å²) in [6.07, 6.45) is 1.95.